The maximum Gasteiger partial charge on any atom is 0.250 e. The van der Waals surface area contributed by atoms with Crippen LogP contribution in [0.15, 0.2) is 22.7 Å². The molecule has 0 radical (unpaired) electrons. The summed E-state index contributed by atoms with van der Waals surface area (Å²) in [6, 6.07) is 4.47. The van der Waals surface area contributed by atoms with Gasteiger partial charge in [0.25, 0.3) is 5.91 Å². The smallest absolute Gasteiger partial charge is 0.250 e. The Hall–Kier alpha value is -0.980. The summed E-state index contributed by atoms with van der Waals surface area (Å²) in [4.78, 5) is 13.2. The average Bonchev–Trinajstić information content (AvgIpc) is 2.34. The van der Waals surface area contributed by atoms with Crippen molar-refractivity contribution in [3.63, 3.8) is 0 Å². The van der Waals surface area contributed by atoms with E-state index in [1.807, 2.05) is 4.90 Å². The molecule has 4 nitrogen and oxygen atoms in total. The standard InChI is InChI=1S/C13H16BrFN2O2/c14-11-3-2-10(15)6-9(11)7-17-5-1-4-13(19,8-17)12(16)18/h2-3,6,19H,1,4-5,7-8H2,(H2,16,18)/t13-/m1/s1. The highest BCUT2D eigenvalue weighted by Gasteiger charge is 2.38. The summed E-state index contributed by atoms with van der Waals surface area (Å²) in [5, 5.41) is 10.1. The van der Waals surface area contributed by atoms with E-state index in [2.05, 4.69) is 15.9 Å². The Morgan fingerprint density at radius 1 is 1.58 bits per heavy atom. The van der Waals surface area contributed by atoms with Gasteiger partial charge in [0.1, 0.15) is 5.82 Å². The number of rotatable bonds is 3. The molecule has 3 N–H and O–H groups in total. The first kappa shape index (κ1) is 14.4. The maximum absolute atomic E-state index is 13.2. The Labute approximate surface area is 119 Å². The molecular weight excluding hydrogens is 315 g/mol. The summed E-state index contributed by atoms with van der Waals surface area (Å²) in [6.07, 6.45) is 1.07. The molecule has 0 saturated carbocycles. The number of nitrogens with two attached hydrogens (primary N) is 1. The van der Waals surface area contributed by atoms with E-state index in [9.17, 15) is 14.3 Å². The highest BCUT2D eigenvalue weighted by atomic mass is 79.9. The summed E-state index contributed by atoms with van der Waals surface area (Å²) < 4.78 is 14.0. The predicted octanol–water partition coefficient (Wildman–Crippen LogP) is 1.40. The van der Waals surface area contributed by atoms with Crippen molar-refractivity contribution < 1.29 is 14.3 Å². The lowest BCUT2D eigenvalue weighted by atomic mass is 9.92. The van der Waals surface area contributed by atoms with Crippen molar-refractivity contribution in [2.45, 2.75) is 25.0 Å². The number of aliphatic hydroxyl groups is 1. The lowest BCUT2D eigenvalue weighted by Crippen LogP contribution is -2.55. The zero-order valence-corrected chi connectivity index (χ0v) is 12.0. The third kappa shape index (κ3) is 3.32. The number of carbonyl (C=O) groups excluding carboxylic acids is 1. The summed E-state index contributed by atoms with van der Waals surface area (Å²) in [5.74, 6) is -1.00. The highest BCUT2D eigenvalue weighted by molar-refractivity contribution is 9.10. The van der Waals surface area contributed by atoms with E-state index in [4.69, 9.17) is 5.73 Å². The first-order valence-electron chi connectivity index (χ1n) is 6.09. The number of hydrogen-bond acceptors (Lipinski definition) is 3. The fraction of sp³-hybridized carbons (Fsp3) is 0.462. The number of nitrogens with zero attached hydrogens (tertiary/aromatic N) is 1. The van der Waals surface area contributed by atoms with Gasteiger partial charge in [-0.25, -0.2) is 4.39 Å². The number of carbonyl (C=O) groups is 1. The SMILES string of the molecule is NC(=O)[C@@]1(O)CCCN(Cc2cc(F)ccc2Br)C1. The molecule has 1 saturated heterocycles. The van der Waals surface area contributed by atoms with Crippen molar-refractivity contribution in [1.82, 2.24) is 4.90 Å². The molecule has 104 valence electrons. The second-order valence-electron chi connectivity index (χ2n) is 4.95. The van der Waals surface area contributed by atoms with E-state index in [1.54, 1.807) is 6.07 Å². The van der Waals surface area contributed by atoms with E-state index >= 15 is 0 Å². The molecule has 1 amide bonds. The van der Waals surface area contributed by atoms with Crippen LogP contribution in [-0.4, -0.2) is 34.6 Å². The second kappa shape index (κ2) is 5.56. The van der Waals surface area contributed by atoms with Crippen LogP contribution in [0.1, 0.15) is 18.4 Å². The van der Waals surface area contributed by atoms with Crippen molar-refractivity contribution in [3.05, 3.63) is 34.1 Å². The van der Waals surface area contributed by atoms with Crippen LogP contribution >= 0.6 is 15.9 Å². The number of benzene rings is 1. The molecule has 19 heavy (non-hydrogen) atoms. The van der Waals surface area contributed by atoms with Crippen LogP contribution in [0.3, 0.4) is 0 Å². The van der Waals surface area contributed by atoms with Gasteiger partial charge in [0.2, 0.25) is 0 Å². The van der Waals surface area contributed by atoms with E-state index < -0.39 is 11.5 Å². The highest BCUT2D eigenvalue weighted by Crippen LogP contribution is 2.25. The summed E-state index contributed by atoms with van der Waals surface area (Å²) in [5.41, 5.74) is 4.54. The summed E-state index contributed by atoms with van der Waals surface area (Å²) in [6.45, 7) is 1.40. The number of hydrogen-bond donors (Lipinski definition) is 2. The van der Waals surface area contributed by atoms with Crippen LogP contribution in [0, 0.1) is 5.82 Å². The van der Waals surface area contributed by atoms with Crippen LogP contribution < -0.4 is 5.73 Å². The molecule has 1 aromatic rings. The molecule has 0 spiro atoms. The number of piperidine rings is 1. The number of likely N-dealkylation sites (tertiary alicyclic amines) is 1. The fourth-order valence-electron chi connectivity index (χ4n) is 2.36. The molecule has 1 heterocycles. The van der Waals surface area contributed by atoms with Crippen molar-refractivity contribution in [3.8, 4) is 0 Å². The lowest BCUT2D eigenvalue weighted by Gasteiger charge is -2.37. The Kier molecular flexibility index (Phi) is 4.23. The zero-order chi connectivity index (χ0) is 14.0. The number of β-amino-alcohol motifs (C(OH)–C–C–N with tert-alkyl or cyclic N) is 1. The van der Waals surface area contributed by atoms with Gasteiger partial charge in [0.15, 0.2) is 5.60 Å². The predicted molar refractivity (Wildman–Crippen MR) is 72.8 cm³/mol. The zero-order valence-electron chi connectivity index (χ0n) is 10.4. The van der Waals surface area contributed by atoms with Gasteiger partial charge in [0, 0.05) is 17.6 Å². The molecule has 1 aliphatic heterocycles. The molecule has 0 aromatic heterocycles. The Bertz CT molecular complexity index is 498. The molecular formula is C13H16BrFN2O2. The van der Waals surface area contributed by atoms with Gasteiger partial charge in [-0.05, 0) is 43.1 Å². The normalized spacial score (nSPS) is 24.4. The first-order valence-corrected chi connectivity index (χ1v) is 6.88. The van der Waals surface area contributed by atoms with Gasteiger partial charge >= 0.3 is 0 Å². The van der Waals surface area contributed by atoms with Crippen molar-refractivity contribution in [2.75, 3.05) is 13.1 Å². The van der Waals surface area contributed by atoms with Crippen molar-refractivity contribution in [2.24, 2.45) is 5.73 Å². The van der Waals surface area contributed by atoms with Crippen molar-refractivity contribution >= 4 is 21.8 Å². The summed E-state index contributed by atoms with van der Waals surface area (Å²) in [7, 11) is 0. The van der Waals surface area contributed by atoms with Gasteiger partial charge in [-0.1, -0.05) is 15.9 Å². The average molecular weight is 331 g/mol. The quantitative estimate of drug-likeness (QED) is 0.880. The van der Waals surface area contributed by atoms with Gasteiger partial charge in [0.05, 0.1) is 0 Å². The van der Waals surface area contributed by atoms with Crippen LogP contribution in [-0.2, 0) is 11.3 Å². The maximum atomic E-state index is 13.2. The van der Waals surface area contributed by atoms with E-state index in [0.717, 1.165) is 16.6 Å². The Morgan fingerprint density at radius 2 is 2.32 bits per heavy atom. The van der Waals surface area contributed by atoms with E-state index in [1.165, 1.54) is 12.1 Å². The minimum atomic E-state index is -1.47. The fourth-order valence-corrected chi connectivity index (χ4v) is 2.74. The van der Waals surface area contributed by atoms with Crippen LogP contribution in [0.5, 0.6) is 0 Å². The molecule has 1 aliphatic rings. The van der Waals surface area contributed by atoms with E-state index in [-0.39, 0.29) is 12.4 Å². The van der Waals surface area contributed by atoms with Crippen LogP contribution in [0.4, 0.5) is 4.39 Å². The van der Waals surface area contributed by atoms with Gasteiger partial charge in [-0.2, -0.15) is 0 Å². The molecule has 0 bridgehead atoms. The Morgan fingerprint density at radius 3 is 3.00 bits per heavy atom. The molecule has 1 fully saturated rings. The number of halogens is 2. The minimum absolute atomic E-state index is 0.186. The number of amides is 1. The molecule has 6 heteroatoms. The molecule has 1 atom stereocenters. The first-order chi connectivity index (χ1) is 8.90. The van der Waals surface area contributed by atoms with E-state index in [0.29, 0.717) is 19.4 Å². The molecule has 1 aromatic carbocycles. The van der Waals surface area contributed by atoms with Crippen LogP contribution in [0.2, 0.25) is 0 Å². The summed E-state index contributed by atoms with van der Waals surface area (Å²) >= 11 is 3.37. The second-order valence-corrected chi connectivity index (χ2v) is 5.80. The van der Waals surface area contributed by atoms with Crippen molar-refractivity contribution in [1.29, 1.82) is 0 Å². The number of primary amides is 1. The van der Waals surface area contributed by atoms with Gasteiger partial charge in [-0.3, -0.25) is 9.69 Å². The molecule has 2 rings (SSSR count). The third-order valence-electron chi connectivity index (χ3n) is 3.41. The lowest BCUT2D eigenvalue weighted by molar-refractivity contribution is -0.142. The van der Waals surface area contributed by atoms with Gasteiger partial charge < -0.3 is 10.8 Å². The van der Waals surface area contributed by atoms with Crippen LogP contribution in [0.25, 0.3) is 0 Å². The minimum Gasteiger partial charge on any atom is -0.379 e. The monoisotopic (exact) mass is 330 g/mol. The largest absolute Gasteiger partial charge is 0.379 e. The molecule has 0 unspecified atom stereocenters. The van der Waals surface area contributed by atoms with Gasteiger partial charge in [-0.15, -0.1) is 0 Å². The Balaban J connectivity index is 2.11. The topological polar surface area (TPSA) is 66.6 Å². The third-order valence-corrected chi connectivity index (χ3v) is 4.18. The molecule has 0 aliphatic carbocycles.